The predicted molar refractivity (Wildman–Crippen MR) is 65.8 cm³/mol. The van der Waals surface area contributed by atoms with Gasteiger partial charge in [0.15, 0.2) is 0 Å². The Labute approximate surface area is 101 Å². The Hall–Kier alpha value is -1.40. The van der Waals surface area contributed by atoms with Gasteiger partial charge in [0.25, 0.3) is 0 Å². The molecule has 1 rings (SSSR count). The van der Waals surface area contributed by atoms with Crippen LogP contribution >= 0.6 is 0 Å². The molecule has 0 aliphatic heterocycles. The van der Waals surface area contributed by atoms with Crippen LogP contribution < -0.4 is 10.0 Å². The average molecular weight is 256 g/mol. The quantitative estimate of drug-likeness (QED) is 0.765. The minimum atomic E-state index is -3.37. The molecule has 0 spiro atoms. The van der Waals surface area contributed by atoms with Gasteiger partial charge < -0.3 is 5.32 Å². The lowest BCUT2D eigenvalue weighted by Crippen LogP contribution is -2.30. The lowest BCUT2D eigenvalue weighted by Gasteiger charge is -2.06. The van der Waals surface area contributed by atoms with Crippen LogP contribution in [-0.4, -0.2) is 27.9 Å². The van der Waals surface area contributed by atoms with Crippen molar-refractivity contribution in [3.8, 4) is 0 Å². The zero-order valence-corrected chi connectivity index (χ0v) is 10.5. The second kappa shape index (κ2) is 6.36. The zero-order chi connectivity index (χ0) is 12.7. The van der Waals surface area contributed by atoms with E-state index in [0.29, 0.717) is 0 Å². The molecular formula is C11H16N2O3S. The monoisotopic (exact) mass is 256 g/mol. The molecule has 0 aliphatic carbocycles. The molecule has 0 unspecified atom stereocenters. The van der Waals surface area contributed by atoms with E-state index in [2.05, 4.69) is 10.0 Å². The first-order valence-corrected chi connectivity index (χ1v) is 6.90. The first-order valence-electron chi connectivity index (χ1n) is 5.25. The molecular weight excluding hydrogens is 240 g/mol. The van der Waals surface area contributed by atoms with E-state index in [9.17, 15) is 13.2 Å². The first-order chi connectivity index (χ1) is 8.03. The molecule has 0 saturated carbocycles. The van der Waals surface area contributed by atoms with Gasteiger partial charge in [-0.3, -0.25) is 4.79 Å². The molecule has 2 N–H and O–H groups in total. The molecule has 0 heterocycles. The Balaban J connectivity index is 2.44. The number of carbonyl (C=O) groups is 1. The van der Waals surface area contributed by atoms with E-state index in [-0.39, 0.29) is 24.6 Å². The molecule has 1 aromatic rings. The van der Waals surface area contributed by atoms with Crippen LogP contribution in [0.15, 0.2) is 30.3 Å². The maximum Gasteiger partial charge on any atom is 0.221 e. The second-order valence-corrected chi connectivity index (χ2v) is 5.37. The Morgan fingerprint density at radius 2 is 1.88 bits per heavy atom. The highest BCUT2D eigenvalue weighted by Gasteiger charge is 2.11. The number of hydrogen-bond donors (Lipinski definition) is 2. The van der Waals surface area contributed by atoms with Crippen molar-refractivity contribution in [2.24, 2.45) is 0 Å². The number of carbonyl (C=O) groups excluding carboxylic acids is 1. The van der Waals surface area contributed by atoms with E-state index in [0.717, 1.165) is 5.56 Å². The van der Waals surface area contributed by atoms with Crippen LogP contribution in [0.1, 0.15) is 12.0 Å². The average Bonchev–Trinajstić information content (AvgIpc) is 2.29. The van der Waals surface area contributed by atoms with E-state index >= 15 is 0 Å². The van der Waals surface area contributed by atoms with Gasteiger partial charge in [-0.05, 0) is 5.56 Å². The van der Waals surface area contributed by atoms with Gasteiger partial charge in [-0.2, -0.15) is 0 Å². The summed E-state index contributed by atoms with van der Waals surface area (Å²) in [7, 11) is -1.85. The Bertz CT molecular complexity index is 457. The molecule has 0 saturated heterocycles. The van der Waals surface area contributed by atoms with Crippen molar-refractivity contribution in [3.05, 3.63) is 35.9 Å². The van der Waals surface area contributed by atoms with E-state index in [1.165, 1.54) is 7.05 Å². The maximum atomic E-state index is 11.6. The normalized spacial score (nSPS) is 11.1. The number of amides is 1. The van der Waals surface area contributed by atoms with Gasteiger partial charge in [-0.1, -0.05) is 30.3 Å². The largest absolute Gasteiger partial charge is 0.359 e. The molecule has 1 aromatic carbocycles. The van der Waals surface area contributed by atoms with Crippen LogP contribution in [0.4, 0.5) is 0 Å². The molecule has 0 atom stereocenters. The van der Waals surface area contributed by atoms with Gasteiger partial charge >= 0.3 is 0 Å². The third-order valence-electron chi connectivity index (χ3n) is 2.15. The van der Waals surface area contributed by atoms with E-state index < -0.39 is 10.0 Å². The van der Waals surface area contributed by atoms with Crippen LogP contribution in [0, 0.1) is 0 Å². The lowest BCUT2D eigenvalue weighted by atomic mass is 10.2. The summed E-state index contributed by atoms with van der Waals surface area (Å²) in [6.07, 6.45) is 0.143. The van der Waals surface area contributed by atoms with Crippen molar-refractivity contribution < 1.29 is 13.2 Å². The number of sulfonamides is 1. The van der Waals surface area contributed by atoms with E-state index in [1.807, 2.05) is 6.07 Å². The highest BCUT2D eigenvalue weighted by atomic mass is 32.2. The van der Waals surface area contributed by atoms with Crippen LogP contribution in [0.25, 0.3) is 0 Å². The Morgan fingerprint density at radius 3 is 2.47 bits per heavy atom. The standard InChI is InChI=1S/C11H16N2O3S/c1-12-11(14)7-8-13-17(15,16)9-10-5-3-2-4-6-10/h2-6,13H,7-9H2,1H3,(H,12,14). The molecule has 0 fully saturated rings. The highest BCUT2D eigenvalue weighted by Crippen LogP contribution is 2.03. The molecule has 1 amide bonds. The third kappa shape index (κ3) is 5.46. The minimum Gasteiger partial charge on any atom is -0.359 e. The molecule has 0 bridgehead atoms. The summed E-state index contributed by atoms with van der Waals surface area (Å²) in [4.78, 5) is 10.9. The summed E-state index contributed by atoms with van der Waals surface area (Å²) >= 11 is 0. The van der Waals surface area contributed by atoms with Gasteiger partial charge in [0.05, 0.1) is 5.75 Å². The third-order valence-corrected chi connectivity index (χ3v) is 3.51. The van der Waals surface area contributed by atoms with Gasteiger partial charge in [-0.15, -0.1) is 0 Å². The van der Waals surface area contributed by atoms with E-state index in [4.69, 9.17) is 0 Å². The number of nitrogens with one attached hydrogen (secondary N) is 2. The molecule has 6 heteroatoms. The van der Waals surface area contributed by atoms with Crippen LogP contribution in [0.3, 0.4) is 0 Å². The zero-order valence-electron chi connectivity index (χ0n) is 9.64. The van der Waals surface area contributed by atoms with Crippen molar-refractivity contribution in [1.82, 2.24) is 10.0 Å². The first kappa shape index (κ1) is 13.7. The van der Waals surface area contributed by atoms with Crippen LogP contribution in [-0.2, 0) is 20.6 Å². The maximum absolute atomic E-state index is 11.6. The summed E-state index contributed by atoms with van der Waals surface area (Å²) in [6.45, 7) is 0.120. The van der Waals surface area contributed by atoms with E-state index in [1.54, 1.807) is 24.3 Å². The number of benzene rings is 1. The SMILES string of the molecule is CNC(=O)CCNS(=O)(=O)Cc1ccccc1. The predicted octanol–water partition coefficient (Wildman–Crippen LogP) is 0.242. The number of rotatable bonds is 6. The number of hydrogen-bond acceptors (Lipinski definition) is 3. The van der Waals surface area contributed by atoms with Crippen molar-refractivity contribution in [3.63, 3.8) is 0 Å². The van der Waals surface area contributed by atoms with Crippen molar-refractivity contribution in [2.75, 3.05) is 13.6 Å². The lowest BCUT2D eigenvalue weighted by molar-refractivity contribution is -0.120. The summed E-state index contributed by atoms with van der Waals surface area (Å²) in [5, 5.41) is 2.43. The van der Waals surface area contributed by atoms with Crippen LogP contribution in [0.2, 0.25) is 0 Å². The second-order valence-electron chi connectivity index (χ2n) is 3.56. The van der Waals surface area contributed by atoms with Crippen LogP contribution in [0.5, 0.6) is 0 Å². The molecule has 0 aromatic heterocycles. The summed E-state index contributed by atoms with van der Waals surface area (Å²) in [5.41, 5.74) is 0.722. The Kier molecular flexibility index (Phi) is 5.11. The minimum absolute atomic E-state index is 0.0679. The smallest absolute Gasteiger partial charge is 0.221 e. The van der Waals surface area contributed by atoms with Gasteiger partial charge in [0, 0.05) is 20.0 Å². The molecule has 0 aliphatic rings. The van der Waals surface area contributed by atoms with Gasteiger partial charge in [-0.25, -0.2) is 13.1 Å². The topological polar surface area (TPSA) is 75.3 Å². The highest BCUT2D eigenvalue weighted by molar-refractivity contribution is 7.88. The van der Waals surface area contributed by atoms with Gasteiger partial charge in [0.1, 0.15) is 0 Å². The summed E-state index contributed by atoms with van der Waals surface area (Å²) in [5.74, 6) is -0.255. The fourth-order valence-electron chi connectivity index (χ4n) is 1.29. The van der Waals surface area contributed by atoms with Crippen molar-refractivity contribution in [2.45, 2.75) is 12.2 Å². The molecule has 0 radical (unpaired) electrons. The summed E-state index contributed by atoms with van der Waals surface area (Å²) < 4.78 is 25.6. The molecule has 94 valence electrons. The van der Waals surface area contributed by atoms with Crippen molar-refractivity contribution in [1.29, 1.82) is 0 Å². The Morgan fingerprint density at radius 1 is 1.24 bits per heavy atom. The summed E-state index contributed by atoms with van der Waals surface area (Å²) in [6, 6.07) is 8.90. The molecule has 17 heavy (non-hydrogen) atoms. The molecule has 5 nitrogen and oxygen atoms in total. The fraction of sp³-hybridized carbons (Fsp3) is 0.364. The fourth-order valence-corrected chi connectivity index (χ4v) is 2.44. The van der Waals surface area contributed by atoms with Crippen molar-refractivity contribution >= 4 is 15.9 Å². The van der Waals surface area contributed by atoms with Gasteiger partial charge in [0.2, 0.25) is 15.9 Å².